The molecule has 12 nitrogen and oxygen atoms in total. The maximum atomic E-state index is 8.24. The highest BCUT2D eigenvalue weighted by molar-refractivity contribution is 6.30. The predicted molar refractivity (Wildman–Crippen MR) is 208 cm³/mol. The summed E-state index contributed by atoms with van der Waals surface area (Å²) in [6, 6.07) is 24.7. The van der Waals surface area contributed by atoms with Crippen molar-refractivity contribution in [3.63, 3.8) is 0 Å². The van der Waals surface area contributed by atoms with Gasteiger partial charge in [0.25, 0.3) is 0 Å². The van der Waals surface area contributed by atoms with Crippen LogP contribution in [0.3, 0.4) is 0 Å². The largest absolute Gasteiger partial charge is 0.379 e. The lowest BCUT2D eigenvalue weighted by molar-refractivity contribution is 0.0129. The average molecular weight is 751 g/mol. The van der Waals surface area contributed by atoms with Crippen molar-refractivity contribution in [3.8, 4) is 0 Å². The molecule has 0 saturated carbocycles. The van der Waals surface area contributed by atoms with Crippen LogP contribution in [0.4, 0.5) is 5.82 Å². The molecule has 5 rings (SSSR count). The van der Waals surface area contributed by atoms with Crippen LogP contribution in [0.5, 0.6) is 0 Å². The van der Waals surface area contributed by atoms with E-state index in [0.29, 0.717) is 52.7 Å². The van der Waals surface area contributed by atoms with Crippen molar-refractivity contribution < 1.29 is 14.2 Å². The number of hydrogen-bond donors (Lipinski definition) is 1. The van der Waals surface area contributed by atoms with Gasteiger partial charge in [-0.25, -0.2) is 9.97 Å². The summed E-state index contributed by atoms with van der Waals surface area (Å²) in [5.41, 5.74) is 11.6. The number of aromatic nitrogens is 2. The lowest BCUT2D eigenvalue weighted by atomic mass is 9.96. The third kappa shape index (κ3) is 12.8. The number of likely N-dealkylation sites (N-methyl/N-ethyl adjacent to an activating group) is 1. The monoisotopic (exact) mass is 749 g/mol. The summed E-state index contributed by atoms with van der Waals surface area (Å²) in [5.74, 6) is 1.72. The number of rotatable bonds is 22. The quantitative estimate of drug-likeness (QED) is 0.0394. The number of benzene rings is 3. The molecular formula is C38H49Cl2N9O3. The van der Waals surface area contributed by atoms with Crippen LogP contribution in [0.25, 0.3) is 21.3 Å². The van der Waals surface area contributed by atoms with Gasteiger partial charge in [-0.1, -0.05) is 64.7 Å². The van der Waals surface area contributed by atoms with Crippen LogP contribution in [0.15, 0.2) is 77.9 Å². The number of nitrogens with one attached hydrogen (secondary N) is 1. The highest BCUT2D eigenvalue weighted by atomic mass is 35.5. The molecule has 0 unspecified atom stereocenters. The van der Waals surface area contributed by atoms with Crippen molar-refractivity contribution in [2.24, 2.45) is 5.11 Å². The molecule has 1 N–H and O–H groups in total. The third-order valence-electron chi connectivity index (χ3n) is 8.93. The molecule has 1 aromatic heterocycles. The number of fused-ring (bicyclic) bond motifs is 1. The molecule has 1 aliphatic heterocycles. The normalized spacial score (nSPS) is 13.9. The Morgan fingerprint density at radius 2 is 1.42 bits per heavy atom. The number of piperazine rings is 1. The van der Waals surface area contributed by atoms with Gasteiger partial charge in [0.1, 0.15) is 11.6 Å². The van der Waals surface area contributed by atoms with Crippen LogP contribution >= 0.6 is 23.2 Å². The van der Waals surface area contributed by atoms with Gasteiger partial charge >= 0.3 is 0 Å². The minimum absolute atomic E-state index is 0.121. The second-order valence-corrected chi connectivity index (χ2v) is 13.6. The number of azide groups is 1. The first-order valence-corrected chi connectivity index (χ1v) is 18.7. The van der Waals surface area contributed by atoms with Gasteiger partial charge in [0.2, 0.25) is 0 Å². The Labute approximate surface area is 316 Å². The fourth-order valence-corrected chi connectivity index (χ4v) is 6.45. The van der Waals surface area contributed by atoms with Gasteiger partial charge in [0, 0.05) is 66.2 Å². The van der Waals surface area contributed by atoms with Crippen LogP contribution < -0.4 is 5.32 Å². The Balaban J connectivity index is 1.05. The Morgan fingerprint density at radius 1 is 0.808 bits per heavy atom. The van der Waals surface area contributed by atoms with E-state index in [-0.39, 0.29) is 6.04 Å². The van der Waals surface area contributed by atoms with E-state index in [0.717, 1.165) is 84.8 Å². The first kappa shape index (κ1) is 39.7. The Morgan fingerprint density at radius 3 is 2.08 bits per heavy atom. The molecule has 0 radical (unpaired) electrons. The van der Waals surface area contributed by atoms with Gasteiger partial charge in [-0.15, -0.1) is 0 Å². The molecule has 1 fully saturated rings. The lowest BCUT2D eigenvalue weighted by Crippen LogP contribution is -2.47. The van der Waals surface area contributed by atoms with E-state index in [9.17, 15) is 0 Å². The molecule has 14 heteroatoms. The number of ether oxygens (including phenoxy) is 3. The standard InChI is InChI=1S/C38H49Cl2N9O3/c1-47(22-24-51-26-28-52-27-25-50-23-16-43-46-41)17-4-15-42-38-34-5-2-3-6-35(34)44-36(45-38)29-48-18-20-49(21-19-48)37(30-7-11-32(39)12-8-30)31-9-13-33(40)14-10-31/h2-3,5-14,37H,4,15-29H2,1H3,(H,42,44,45). The summed E-state index contributed by atoms with van der Waals surface area (Å²) in [6.45, 7) is 10.3. The molecule has 0 spiro atoms. The van der Waals surface area contributed by atoms with Crippen molar-refractivity contribution >= 4 is 39.9 Å². The van der Waals surface area contributed by atoms with Crippen LogP contribution in [-0.4, -0.2) is 124 Å². The van der Waals surface area contributed by atoms with Crippen molar-refractivity contribution in [2.45, 2.75) is 19.0 Å². The van der Waals surface area contributed by atoms with Crippen molar-refractivity contribution in [1.82, 2.24) is 24.7 Å². The van der Waals surface area contributed by atoms with E-state index in [1.165, 1.54) is 11.1 Å². The molecule has 2 heterocycles. The molecule has 0 aliphatic carbocycles. The van der Waals surface area contributed by atoms with Crippen molar-refractivity contribution in [2.75, 3.05) is 104 Å². The van der Waals surface area contributed by atoms with Crippen LogP contribution in [0, 0.1) is 0 Å². The molecule has 1 aliphatic rings. The third-order valence-corrected chi connectivity index (χ3v) is 9.43. The van der Waals surface area contributed by atoms with Crippen molar-refractivity contribution in [3.05, 3.63) is 110 Å². The van der Waals surface area contributed by atoms with Gasteiger partial charge < -0.3 is 24.4 Å². The summed E-state index contributed by atoms with van der Waals surface area (Å²) in [7, 11) is 2.11. The minimum atomic E-state index is 0.121. The topological polar surface area (TPSA) is 124 Å². The number of para-hydroxylation sites is 1. The van der Waals surface area contributed by atoms with Gasteiger partial charge in [-0.05, 0) is 73.1 Å². The molecule has 0 atom stereocenters. The highest BCUT2D eigenvalue weighted by Crippen LogP contribution is 2.31. The Bertz CT molecular complexity index is 1640. The second kappa shape index (κ2) is 21.9. The van der Waals surface area contributed by atoms with Gasteiger partial charge in [-0.3, -0.25) is 9.80 Å². The average Bonchev–Trinajstić information content (AvgIpc) is 3.16. The van der Waals surface area contributed by atoms with Crippen LogP contribution in [0.1, 0.15) is 29.4 Å². The van der Waals surface area contributed by atoms with E-state index < -0.39 is 0 Å². The van der Waals surface area contributed by atoms with E-state index >= 15 is 0 Å². The maximum Gasteiger partial charge on any atom is 0.145 e. The zero-order chi connectivity index (χ0) is 36.4. The first-order chi connectivity index (χ1) is 25.5. The molecule has 1 saturated heterocycles. The Kier molecular flexibility index (Phi) is 16.7. The van der Waals surface area contributed by atoms with Gasteiger partial charge in [-0.2, -0.15) is 0 Å². The van der Waals surface area contributed by atoms with Crippen molar-refractivity contribution in [1.29, 1.82) is 0 Å². The summed E-state index contributed by atoms with van der Waals surface area (Å²) in [4.78, 5) is 19.9. The highest BCUT2D eigenvalue weighted by Gasteiger charge is 2.27. The van der Waals surface area contributed by atoms with Gasteiger partial charge in [0.05, 0.1) is 57.7 Å². The SMILES string of the molecule is CN(CCCNc1nc(CN2CCN(C(c3ccc(Cl)cc3)c3ccc(Cl)cc3)CC2)nc2ccccc12)CCOCCOCCOCCN=[N+]=[N-]. The Hall–Kier alpha value is -3.55. The molecule has 0 bridgehead atoms. The maximum absolute atomic E-state index is 8.24. The van der Waals surface area contributed by atoms with E-state index in [1.54, 1.807) is 0 Å². The first-order valence-electron chi connectivity index (χ1n) is 17.9. The molecule has 4 aromatic rings. The van der Waals surface area contributed by atoms with E-state index in [4.69, 9.17) is 52.9 Å². The molecule has 3 aromatic carbocycles. The van der Waals surface area contributed by atoms with Crippen LogP contribution in [0.2, 0.25) is 10.0 Å². The molecular weight excluding hydrogens is 701 g/mol. The number of hydrogen-bond acceptors (Lipinski definition) is 10. The zero-order valence-electron chi connectivity index (χ0n) is 29.9. The lowest BCUT2D eigenvalue weighted by Gasteiger charge is -2.39. The smallest absolute Gasteiger partial charge is 0.145 e. The zero-order valence-corrected chi connectivity index (χ0v) is 31.4. The predicted octanol–water partition coefficient (Wildman–Crippen LogP) is 6.94. The number of nitrogens with zero attached hydrogens (tertiary/aromatic N) is 8. The fourth-order valence-electron chi connectivity index (χ4n) is 6.19. The minimum Gasteiger partial charge on any atom is -0.379 e. The number of halogens is 2. The molecule has 0 amide bonds. The summed E-state index contributed by atoms with van der Waals surface area (Å²) in [6.07, 6.45) is 0.970. The molecule has 52 heavy (non-hydrogen) atoms. The summed E-state index contributed by atoms with van der Waals surface area (Å²) >= 11 is 12.5. The van der Waals surface area contributed by atoms with Gasteiger partial charge in [0.15, 0.2) is 0 Å². The van der Waals surface area contributed by atoms with E-state index in [2.05, 4.69) is 73.5 Å². The number of anilines is 1. The van der Waals surface area contributed by atoms with Crippen LogP contribution in [-0.2, 0) is 20.8 Å². The van der Waals surface area contributed by atoms with E-state index in [1.807, 2.05) is 36.4 Å². The second-order valence-electron chi connectivity index (χ2n) is 12.7. The molecule has 278 valence electrons. The fraction of sp³-hybridized carbons (Fsp3) is 0.474. The summed E-state index contributed by atoms with van der Waals surface area (Å²) < 4.78 is 16.5. The summed E-state index contributed by atoms with van der Waals surface area (Å²) in [5, 5.41) is 9.53.